The first kappa shape index (κ1) is 14.2. The Kier molecular flexibility index (Phi) is 5.12. The van der Waals surface area contributed by atoms with Gasteiger partial charge in [0.2, 0.25) is 0 Å². The summed E-state index contributed by atoms with van der Waals surface area (Å²) in [5, 5.41) is 3.50. The van der Waals surface area contributed by atoms with Crippen LogP contribution in [0, 0.1) is 0 Å². The summed E-state index contributed by atoms with van der Waals surface area (Å²) < 4.78 is 0. The minimum atomic E-state index is 0.626. The summed E-state index contributed by atoms with van der Waals surface area (Å²) in [4.78, 5) is 2.58. The van der Waals surface area contributed by atoms with Crippen LogP contribution in [-0.2, 0) is 6.42 Å². The molecule has 1 aromatic rings. The number of benzene rings is 1. The predicted molar refractivity (Wildman–Crippen MR) is 85.3 cm³/mol. The second kappa shape index (κ2) is 6.83. The molecule has 1 aromatic carbocycles. The zero-order valence-electron chi connectivity index (χ0n) is 12.7. The van der Waals surface area contributed by atoms with E-state index in [0.29, 0.717) is 6.04 Å². The molecule has 2 rings (SSSR count). The second-order valence-corrected chi connectivity index (χ2v) is 5.68. The lowest BCUT2D eigenvalue weighted by molar-refractivity contribution is 0.595. The van der Waals surface area contributed by atoms with Crippen LogP contribution < -0.4 is 10.2 Å². The van der Waals surface area contributed by atoms with E-state index in [2.05, 4.69) is 49.2 Å². The lowest BCUT2D eigenvalue weighted by Crippen LogP contribution is -2.33. The van der Waals surface area contributed by atoms with Crippen molar-refractivity contribution in [2.75, 3.05) is 23.3 Å². The minimum Gasteiger partial charge on any atom is -0.385 e. The molecule has 106 valence electrons. The molecular weight excluding hydrogens is 232 g/mol. The van der Waals surface area contributed by atoms with E-state index < -0.39 is 0 Å². The molecule has 0 fully saturated rings. The highest BCUT2D eigenvalue weighted by atomic mass is 15.2. The molecule has 1 N–H and O–H groups in total. The molecule has 1 aliphatic heterocycles. The number of hydrogen-bond acceptors (Lipinski definition) is 2. The topological polar surface area (TPSA) is 15.3 Å². The van der Waals surface area contributed by atoms with Crippen molar-refractivity contribution >= 4 is 11.4 Å². The summed E-state index contributed by atoms with van der Waals surface area (Å²) in [7, 11) is 0. The Balaban J connectivity index is 2.20. The quantitative estimate of drug-likeness (QED) is 0.813. The van der Waals surface area contributed by atoms with E-state index in [1.54, 1.807) is 0 Å². The van der Waals surface area contributed by atoms with Gasteiger partial charge in [0.05, 0.1) is 0 Å². The van der Waals surface area contributed by atoms with E-state index in [1.165, 1.54) is 55.6 Å². The summed E-state index contributed by atoms with van der Waals surface area (Å²) >= 11 is 0. The van der Waals surface area contributed by atoms with Gasteiger partial charge in [-0.3, -0.25) is 0 Å². The van der Waals surface area contributed by atoms with Crippen molar-refractivity contribution in [1.82, 2.24) is 0 Å². The van der Waals surface area contributed by atoms with Gasteiger partial charge in [-0.15, -0.1) is 0 Å². The van der Waals surface area contributed by atoms with Gasteiger partial charge in [-0.25, -0.2) is 0 Å². The molecule has 0 bridgehead atoms. The van der Waals surface area contributed by atoms with Crippen LogP contribution in [-0.4, -0.2) is 19.1 Å². The van der Waals surface area contributed by atoms with Crippen LogP contribution in [0.4, 0.5) is 11.4 Å². The van der Waals surface area contributed by atoms with Crippen molar-refractivity contribution in [1.29, 1.82) is 0 Å². The van der Waals surface area contributed by atoms with Crippen molar-refractivity contribution in [3.05, 3.63) is 23.8 Å². The van der Waals surface area contributed by atoms with Crippen LogP contribution >= 0.6 is 0 Å². The van der Waals surface area contributed by atoms with Crippen LogP contribution in [0.1, 0.15) is 52.0 Å². The van der Waals surface area contributed by atoms with Gasteiger partial charge in [-0.1, -0.05) is 20.3 Å². The molecule has 2 heteroatoms. The molecule has 0 aromatic heterocycles. The van der Waals surface area contributed by atoms with Crippen LogP contribution in [0.5, 0.6) is 0 Å². The molecular formula is C17H28N2. The number of nitrogens with zero attached hydrogens (tertiary/aromatic N) is 1. The van der Waals surface area contributed by atoms with Crippen LogP contribution in [0.2, 0.25) is 0 Å². The third-order valence-corrected chi connectivity index (χ3v) is 4.23. The molecule has 1 unspecified atom stereocenters. The first-order valence-corrected chi connectivity index (χ1v) is 7.89. The van der Waals surface area contributed by atoms with Crippen molar-refractivity contribution < 1.29 is 0 Å². The molecule has 0 saturated carbocycles. The Hall–Kier alpha value is -1.18. The molecule has 1 heterocycles. The molecule has 2 nitrogen and oxygen atoms in total. The van der Waals surface area contributed by atoms with Crippen molar-refractivity contribution in [3.8, 4) is 0 Å². The summed E-state index contributed by atoms with van der Waals surface area (Å²) in [6.07, 6.45) is 6.23. The number of hydrogen-bond donors (Lipinski definition) is 1. The van der Waals surface area contributed by atoms with E-state index in [0.717, 1.165) is 6.54 Å². The Morgan fingerprint density at radius 1 is 1.32 bits per heavy atom. The van der Waals surface area contributed by atoms with Crippen LogP contribution in [0.15, 0.2) is 18.2 Å². The maximum Gasteiger partial charge on any atom is 0.0374 e. The standard InChI is InChI=1S/C17H28N2/c1-4-6-12-19(14(3)5-2)16-9-10-17-15(13-16)8-7-11-18-17/h9-10,13-14,18H,4-8,11-12H2,1-3H3. The highest BCUT2D eigenvalue weighted by Gasteiger charge is 2.15. The maximum atomic E-state index is 3.50. The molecule has 0 aliphatic carbocycles. The van der Waals surface area contributed by atoms with Gasteiger partial charge in [0, 0.05) is 30.5 Å². The highest BCUT2D eigenvalue weighted by Crippen LogP contribution is 2.28. The van der Waals surface area contributed by atoms with Gasteiger partial charge in [-0.05, 0) is 56.4 Å². The van der Waals surface area contributed by atoms with Gasteiger partial charge in [0.15, 0.2) is 0 Å². The van der Waals surface area contributed by atoms with E-state index in [-0.39, 0.29) is 0 Å². The van der Waals surface area contributed by atoms with Crippen LogP contribution in [0.3, 0.4) is 0 Å². The third-order valence-electron chi connectivity index (χ3n) is 4.23. The van der Waals surface area contributed by atoms with Crippen molar-refractivity contribution in [2.45, 2.75) is 58.9 Å². The first-order chi connectivity index (χ1) is 9.26. The van der Waals surface area contributed by atoms with Gasteiger partial charge < -0.3 is 10.2 Å². The Labute approximate surface area is 118 Å². The van der Waals surface area contributed by atoms with Gasteiger partial charge in [-0.2, -0.15) is 0 Å². The average molecular weight is 260 g/mol. The SMILES string of the molecule is CCCCN(c1ccc2c(c1)CCCN2)C(C)CC. The summed E-state index contributed by atoms with van der Waals surface area (Å²) in [6.45, 7) is 9.19. The monoisotopic (exact) mass is 260 g/mol. The first-order valence-electron chi connectivity index (χ1n) is 7.89. The molecule has 1 aliphatic rings. The van der Waals surface area contributed by atoms with Gasteiger partial charge >= 0.3 is 0 Å². The Morgan fingerprint density at radius 2 is 2.16 bits per heavy atom. The molecule has 19 heavy (non-hydrogen) atoms. The fourth-order valence-electron chi connectivity index (χ4n) is 2.79. The number of rotatable bonds is 6. The Morgan fingerprint density at radius 3 is 2.89 bits per heavy atom. The minimum absolute atomic E-state index is 0.626. The van der Waals surface area contributed by atoms with E-state index in [9.17, 15) is 0 Å². The van der Waals surface area contributed by atoms with Crippen molar-refractivity contribution in [3.63, 3.8) is 0 Å². The maximum absolute atomic E-state index is 3.50. The molecule has 0 saturated heterocycles. The fourth-order valence-corrected chi connectivity index (χ4v) is 2.79. The average Bonchev–Trinajstić information content (AvgIpc) is 2.47. The third kappa shape index (κ3) is 3.43. The highest BCUT2D eigenvalue weighted by molar-refractivity contribution is 5.62. The zero-order chi connectivity index (χ0) is 13.7. The van der Waals surface area contributed by atoms with E-state index >= 15 is 0 Å². The van der Waals surface area contributed by atoms with E-state index in [1.807, 2.05) is 0 Å². The van der Waals surface area contributed by atoms with Crippen molar-refractivity contribution in [2.24, 2.45) is 0 Å². The molecule has 1 atom stereocenters. The number of unbranched alkanes of at least 4 members (excludes halogenated alkanes) is 1. The van der Waals surface area contributed by atoms with Crippen LogP contribution in [0.25, 0.3) is 0 Å². The number of anilines is 2. The number of aryl methyl sites for hydroxylation is 1. The Bertz CT molecular complexity index is 400. The normalized spacial score (nSPS) is 15.5. The lowest BCUT2D eigenvalue weighted by Gasteiger charge is -2.32. The largest absolute Gasteiger partial charge is 0.385 e. The summed E-state index contributed by atoms with van der Waals surface area (Å²) in [5.74, 6) is 0. The second-order valence-electron chi connectivity index (χ2n) is 5.68. The van der Waals surface area contributed by atoms with E-state index in [4.69, 9.17) is 0 Å². The lowest BCUT2D eigenvalue weighted by atomic mass is 10.0. The molecule has 0 amide bonds. The molecule has 0 radical (unpaired) electrons. The predicted octanol–water partition coefficient (Wildman–Crippen LogP) is 4.45. The number of nitrogens with one attached hydrogen (secondary N) is 1. The van der Waals surface area contributed by atoms with Gasteiger partial charge in [0.25, 0.3) is 0 Å². The summed E-state index contributed by atoms with van der Waals surface area (Å²) in [6, 6.07) is 7.59. The number of fused-ring (bicyclic) bond motifs is 1. The van der Waals surface area contributed by atoms with Gasteiger partial charge in [0.1, 0.15) is 0 Å². The fraction of sp³-hybridized carbons (Fsp3) is 0.647. The zero-order valence-corrected chi connectivity index (χ0v) is 12.7. The molecule has 0 spiro atoms. The smallest absolute Gasteiger partial charge is 0.0374 e. The summed E-state index contributed by atoms with van der Waals surface area (Å²) in [5.41, 5.74) is 4.24.